The van der Waals surface area contributed by atoms with Crippen LogP contribution >= 0.6 is 11.6 Å². The molecular weight excluding hydrogens is 332 g/mol. The Balaban J connectivity index is 1.30. The number of hydrogen-bond donors (Lipinski definition) is 2. The van der Waals surface area contributed by atoms with Crippen molar-refractivity contribution in [2.75, 3.05) is 6.54 Å². The highest BCUT2D eigenvalue weighted by Crippen LogP contribution is 2.53. The van der Waals surface area contributed by atoms with E-state index in [-0.39, 0.29) is 17.9 Å². The fourth-order valence-electron chi connectivity index (χ4n) is 6.46. The molecular formula is C21H27ClN2O. The van der Waals surface area contributed by atoms with E-state index in [0.717, 1.165) is 41.7 Å². The van der Waals surface area contributed by atoms with Gasteiger partial charge in [-0.25, -0.2) is 0 Å². The van der Waals surface area contributed by atoms with Gasteiger partial charge in [-0.3, -0.25) is 4.79 Å². The minimum absolute atomic E-state index is 0.0987. The van der Waals surface area contributed by atoms with E-state index >= 15 is 0 Å². The third-order valence-electron chi connectivity index (χ3n) is 7.34. The summed E-state index contributed by atoms with van der Waals surface area (Å²) < 4.78 is 0. The molecule has 25 heavy (non-hydrogen) atoms. The van der Waals surface area contributed by atoms with Crippen LogP contribution in [0, 0.1) is 23.7 Å². The van der Waals surface area contributed by atoms with Crippen molar-refractivity contribution in [3.63, 3.8) is 0 Å². The monoisotopic (exact) mass is 358 g/mol. The van der Waals surface area contributed by atoms with Crippen molar-refractivity contribution < 1.29 is 4.79 Å². The molecule has 5 aliphatic rings. The Morgan fingerprint density at radius 1 is 1.00 bits per heavy atom. The summed E-state index contributed by atoms with van der Waals surface area (Å²) in [5.74, 6) is 3.83. The van der Waals surface area contributed by atoms with Gasteiger partial charge in [-0.05, 0) is 86.4 Å². The summed E-state index contributed by atoms with van der Waals surface area (Å²) in [6.45, 7) is 0.910. The van der Waals surface area contributed by atoms with Crippen molar-refractivity contribution in [3.05, 3.63) is 34.9 Å². The Labute approximate surface area is 154 Å². The lowest BCUT2D eigenvalue weighted by Gasteiger charge is -2.54. The van der Waals surface area contributed by atoms with Crippen LogP contribution in [-0.4, -0.2) is 24.5 Å². The number of rotatable bonds is 3. The van der Waals surface area contributed by atoms with Crippen LogP contribution in [0.2, 0.25) is 5.02 Å². The van der Waals surface area contributed by atoms with Crippen LogP contribution in [0.25, 0.3) is 0 Å². The van der Waals surface area contributed by atoms with Gasteiger partial charge < -0.3 is 10.6 Å². The van der Waals surface area contributed by atoms with Crippen molar-refractivity contribution in [3.8, 4) is 0 Å². The number of benzene rings is 1. The van der Waals surface area contributed by atoms with Crippen molar-refractivity contribution >= 4 is 17.5 Å². The molecule has 0 unspecified atom stereocenters. The fraction of sp³-hybridized carbons (Fsp3) is 0.667. The van der Waals surface area contributed by atoms with Crippen molar-refractivity contribution in [1.82, 2.24) is 10.6 Å². The molecule has 134 valence electrons. The van der Waals surface area contributed by atoms with Crippen LogP contribution < -0.4 is 10.6 Å². The summed E-state index contributed by atoms with van der Waals surface area (Å²) >= 11 is 6.02. The van der Waals surface area contributed by atoms with E-state index in [1.807, 2.05) is 12.1 Å². The Morgan fingerprint density at radius 3 is 2.28 bits per heavy atom. The van der Waals surface area contributed by atoms with Gasteiger partial charge in [0.15, 0.2) is 0 Å². The molecule has 4 saturated carbocycles. The van der Waals surface area contributed by atoms with Crippen LogP contribution in [0.3, 0.4) is 0 Å². The largest absolute Gasteiger partial charge is 0.351 e. The lowest BCUT2D eigenvalue weighted by Crippen LogP contribution is -2.58. The summed E-state index contributed by atoms with van der Waals surface area (Å²) in [7, 11) is 0. The second-order valence-corrected chi connectivity index (χ2v) is 9.28. The zero-order valence-electron chi connectivity index (χ0n) is 14.6. The van der Waals surface area contributed by atoms with E-state index in [2.05, 4.69) is 22.8 Å². The van der Waals surface area contributed by atoms with Crippen LogP contribution in [0.15, 0.2) is 24.3 Å². The fourth-order valence-corrected chi connectivity index (χ4v) is 6.59. The number of amides is 1. The van der Waals surface area contributed by atoms with E-state index in [1.165, 1.54) is 37.7 Å². The van der Waals surface area contributed by atoms with E-state index in [9.17, 15) is 4.79 Å². The van der Waals surface area contributed by atoms with Gasteiger partial charge in [-0.2, -0.15) is 0 Å². The Morgan fingerprint density at radius 2 is 1.64 bits per heavy atom. The van der Waals surface area contributed by atoms with Crippen LogP contribution in [0.4, 0.5) is 0 Å². The minimum atomic E-state index is -0.0987. The second kappa shape index (κ2) is 6.28. The molecule has 1 heterocycles. The Bertz CT molecular complexity index is 630. The van der Waals surface area contributed by atoms with Crippen molar-refractivity contribution in [2.24, 2.45) is 23.7 Å². The Kier molecular flexibility index (Phi) is 4.05. The maximum Gasteiger partial charge on any atom is 0.238 e. The predicted octanol–water partition coefficient (Wildman–Crippen LogP) is 3.73. The van der Waals surface area contributed by atoms with Gasteiger partial charge in [0.1, 0.15) is 0 Å². The molecule has 4 bridgehead atoms. The molecule has 1 aromatic carbocycles. The highest BCUT2D eigenvalue weighted by molar-refractivity contribution is 6.30. The quantitative estimate of drug-likeness (QED) is 0.864. The highest BCUT2D eigenvalue weighted by Gasteiger charge is 2.49. The third kappa shape index (κ3) is 2.90. The van der Waals surface area contributed by atoms with Gasteiger partial charge in [-0.15, -0.1) is 0 Å². The lowest BCUT2D eigenvalue weighted by molar-refractivity contribution is -0.127. The molecule has 1 aromatic rings. The minimum Gasteiger partial charge on any atom is -0.351 e. The van der Waals surface area contributed by atoms with Crippen molar-refractivity contribution in [1.29, 1.82) is 0 Å². The molecule has 3 nitrogen and oxygen atoms in total. The van der Waals surface area contributed by atoms with Crippen molar-refractivity contribution in [2.45, 2.75) is 56.5 Å². The molecule has 0 spiro atoms. The summed E-state index contributed by atoms with van der Waals surface area (Å²) in [5.41, 5.74) is 1.22. The first-order chi connectivity index (χ1) is 12.2. The molecule has 1 saturated heterocycles. The van der Waals surface area contributed by atoms with Crippen LogP contribution in [0.5, 0.6) is 0 Å². The standard InChI is InChI=1S/C21H27ClN2O/c22-17-3-1-14(2-4-17)18-5-6-23-20(18)21(25)24-19-15-8-12-7-13(10-15)11-16(19)9-12/h1-4,12-13,15-16,18-20,23H,5-11H2,(H,24,25)/t12?,13?,15?,16?,18-,19?,20+/m1/s1. The molecule has 4 heteroatoms. The average molecular weight is 359 g/mol. The number of halogens is 1. The maximum absolute atomic E-state index is 13.1. The highest BCUT2D eigenvalue weighted by atomic mass is 35.5. The third-order valence-corrected chi connectivity index (χ3v) is 7.59. The van der Waals surface area contributed by atoms with Gasteiger partial charge >= 0.3 is 0 Å². The van der Waals surface area contributed by atoms with E-state index in [4.69, 9.17) is 11.6 Å². The first kappa shape index (κ1) is 16.1. The predicted molar refractivity (Wildman–Crippen MR) is 99.6 cm³/mol. The van der Waals surface area contributed by atoms with Gasteiger partial charge in [0.2, 0.25) is 5.91 Å². The molecule has 0 radical (unpaired) electrons. The average Bonchev–Trinajstić information content (AvgIpc) is 3.08. The first-order valence-electron chi connectivity index (χ1n) is 9.96. The van der Waals surface area contributed by atoms with E-state index in [0.29, 0.717) is 6.04 Å². The van der Waals surface area contributed by atoms with Crippen LogP contribution in [0.1, 0.15) is 50.0 Å². The molecule has 1 aliphatic heterocycles. The van der Waals surface area contributed by atoms with E-state index in [1.54, 1.807) is 0 Å². The summed E-state index contributed by atoms with van der Waals surface area (Å²) in [6, 6.07) is 8.34. The van der Waals surface area contributed by atoms with Gasteiger partial charge in [-0.1, -0.05) is 23.7 Å². The topological polar surface area (TPSA) is 41.1 Å². The number of hydrogen-bond acceptors (Lipinski definition) is 2. The van der Waals surface area contributed by atoms with Crippen LogP contribution in [-0.2, 0) is 4.79 Å². The van der Waals surface area contributed by atoms with Gasteiger partial charge in [0.05, 0.1) is 6.04 Å². The summed E-state index contributed by atoms with van der Waals surface area (Å²) in [5, 5.41) is 7.69. The smallest absolute Gasteiger partial charge is 0.238 e. The summed E-state index contributed by atoms with van der Waals surface area (Å²) in [4.78, 5) is 13.1. The Hall–Kier alpha value is -1.06. The summed E-state index contributed by atoms with van der Waals surface area (Å²) in [6.07, 6.45) is 7.85. The molecule has 6 rings (SSSR count). The molecule has 2 atom stereocenters. The second-order valence-electron chi connectivity index (χ2n) is 8.84. The maximum atomic E-state index is 13.1. The SMILES string of the molecule is O=C(NC1C2CC3CC(C2)CC1C3)[C@H]1NCC[C@@H]1c1ccc(Cl)cc1. The molecule has 1 amide bonds. The number of carbonyl (C=O) groups excluding carboxylic acids is 1. The number of carbonyl (C=O) groups is 1. The molecule has 2 N–H and O–H groups in total. The molecule has 0 aromatic heterocycles. The van der Waals surface area contributed by atoms with Gasteiger partial charge in [0.25, 0.3) is 0 Å². The zero-order chi connectivity index (χ0) is 17.0. The number of nitrogens with one attached hydrogen (secondary N) is 2. The first-order valence-corrected chi connectivity index (χ1v) is 10.3. The molecule has 5 fully saturated rings. The molecule has 4 aliphatic carbocycles. The van der Waals surface area contributed by atoms with Gasteiger partial charge in [0, 0.05) is 17.0 Å². The zero-order valence-corrected chi connectivity index (χ0v) is 15.3. The van der Waals surface area contributed by atoms with E-state index < -0.39 is 0 Å². The lowest BCUT2D eigenvalue weighted by atomic mass is 9.54. The normalized spacial score (nSPS) is 41.9.